The van der Waals surface area contributed by atoms with Gasteiger partial charge < -0.3 is 24.5 Å². The Morgan fingerprint density at radius 3 is 2.33 bits per heavy atom. The number of carbonyl (C=O) groups excluding carboxylic acids is 2. The molecule has 0 unspecified atom stereocenters. The minimum Gasteiger partial charge on any atom is -0.493 e. The van der Waals surface area contributed by atoms with E-state index in [1.807, 2.05) is 26.0 Å². The number of para-hydroxylation sites is 2. The average Bonchev–Trinajstić information content (AvgIpc) is 3.22. The van der Waals surface area contributed by atoms with E-state index in [9.17, 15) is 9.59 Å². The van der Waals surface area contributed by atoms with Crippen molar-refractivity contribution in [1.29, 1.82) is 0 Å². The van der Waals surface area contributed by atoms with Crippen LogP contribution >= 0.6 is 0 Å². The minimum absolute atomic E-state index is 0.0933. The van der Waals surface area contributed by atoms with Crippen LogP contribution in [0.3, 0.4) is 0 Å². The number of hydrogen-bond acceptors (Lipinski definition) is 5. The van der Waals surface area contributed by atoms with Crippen molar-refractivity contribution in [3.8, 4) is 11.5 Å². The normalized spacial score (nSPS) is 10.5. The fourth-order valence-electron chi connectivity index (χ4n) is 2.62. The van der Waals surface area contributed by atoms with E-state index in [-0.39, 0.29) is 24.2 Å². The van der Waals surface area contributed by atoms with Crippen LogP contribution in [0.1, 0.15) is 30.2 Å². The van der Waals surface area contributed by atoms with E-state index in [0.29, 0.717) is 28.6 Å². The van der Waals surface area contributed by atoms with Gasteiger partial charge in [0.15, 0.2) is 17.3 Å². The number of benzene rings is 2. The molecule has 2 amide bonds. The summed E-state index contributed by atoms with van der Waals surface area (Å²) in [6.07, 6.45) is 0. The molecule has 0 saturated heterocycles. The Kier molecular flexibility index (Phi) is 6.75. The van der Waals surface area contributed by atoms with Crippen LogP contribution in [0.4, 0.5) is 11.4 Å². The van der Waals surface area contributed by atoms with Crippen LogP contribution in [0.15, 0.2) is 65.1 Å². The molecule has 1 heterocycles. The van der Waals surface area contributed by atoms with Crippen molar-refractivity contribution in [2.24, 2.45) is 5.92 Å². The van der Waals surface area contributed by atoms with Crippen LogP contribution in [-0.4, -0.2) is 18.9 Å². The first-order chi connectivity index (χ1) is 14.5. The van der Waals surface area contributed by atoms with Gasteiger partial charge in [0.05, 0.1) is 7.11 Å². The number of hydrogen-bond donors (Lipinski definition) is 2. The quantitative estimate of drug-likeness (QED) is 0.563. The molecule has 1 aromatic heterocycles. The first-order valence-electron chi connectivity index (χ1n) is 9.53. The Labute approximate surface area is 175 Å². The molecule has 0 aliphatic rings. The highest BCUT2D eigenvalue weighted by atomic mass is 16.5. The number of amides is 2. The van der Waals surface area contributed by atoms with Crippen LogP contribution in [0, 0.1) is 5.92 Å². The summed E-state index contributed by atoms with van der Waals surface area (Å²) in [7, 11) is 1.57. The molecule has 3 rings (SSSR count). The number of furan rings is 1. The highest BCUT2D eigenvalue weighted by molar-refractivity contribution is 6.02. The second-order valence-corrected chi connectivity index (χ2v) is 6.88. The van der Waals surface area contributed by atoms with E-state index in [1.165, 1.54) is 0 Å². The molecule has 0 radical (unpaired) electrons. The van der Waals surface area contributed by atoms with E-state index in [0.717, 1.165) is 0 Å². The van der Waals surface area contributed by atoms with E-state index in [2.05, 4.69) is 10.6 Å². The number of carbonyl (C=O) groups is 2. The van der Waals surface area contributed by atoms with Crippen molar-refractivity contribution in [1.82, 2.24) is 0 Å². The second-order valence-electron chi connectivity index (χ2n) is 6.88. The second kappa shape index (κ2) is 9.65. The van der Waals surface area contributed by atoms with Crippen LogP contribution in [-0.2, 0) is 11.4 Å². The van der Waals surface area contributed by atoms with Crippen LogP contribution < -0.4 is 20.1 Å². The molecule has 156 valence electrons. The minimum atomic E-state index is -0.397. The molecule has 7 heteroatoms. The number of anilines is 2. The molecule has 0 saturated carbocycles. The SMILES string of the molecule is COc1ccccc1OCc1ccc(C(=O)Nc2cccc(NC(=O)C(C)C)c2)o1. The largest absolute Gasteiger partial charge is 0.493 e. The summed E-state index contributed by atoms with van der Waals surface area (Å²) < 4.78 is 16.5. The fraction of sp³-hybridized carbons (Fsp3) is 0.217. The zero-order valence-electron chi connectivity index (χ0n) is 17.1. The number of ether oxygens (including phenoxy) is 2. The van der Waals surface area contributed by atoms with Crippen molar-refractivity contribution in [3.05, 3.63) is 72.2 Å². The van der Waals surface area contributed by atoms with Gasteiger partial charge in [0, 0.05) is 17.3 Å². The van der Waals surface area contributed by atoms with Gasteiger partial charge in [-0.05, 0) is 42.5 Å². The van der Waals surface area contributed by atoms with Gasteiger partial charge in [-0.1, -0.05) is 32.0 Å². The first kappa shape index (κ1) is 21.0. The van der Waals surface area contributed by atoms with Gasteiger partial charge in [0.25, 0.3) is 5.91 Å². The van der Waals surface area contributed by atoms with E-state index >= 15 is 0 Å². The summed E-state index contributed by atoms with van der Waals surface area (Å²) in [4.78, 5) is 24.3. The first-order valence-corrected chi connectivity index (χ1v) is 9.53. The molecule has 2 N–H and O–H groups in total. The molecule has 0 aliphatic carbocycles. The van der Waals surface area contributed by atoms with Gasteiger partial charge in [0.2, 0.25) is 5.91 Å². The highest BCUT2D eigenvalue weighted by Crippen LogP contribution is 2.27. The lowest BCUT2D eigenvalue weighted by atomic mass is 10.2. The Morgan fingerprint density at radius 2 is 1.63 bits per heavy atom. The maximum Gasteiger partial charge on any atom is 0.291 e. The van der Waals surface area contributed by atoms with E-state index < -0.39 is 5.91 Å². The summed E-state index contributed by atoms with van der Waals surface area (Å²) >= 11 is 0. The zero-order chi connectivity index (χ0) is 21.5. The summed E-state index contributed by atoms with van der Waals surface area (Å²) in [5.74, 6) is 1.24. The van der Waals surface area contributed by atoms with Gasteiger partial charge in [0.1, 0.15) is 12.4 Å². The summed E-state index contributed by atoms with van der Waals surface area (Å²) in [6, 6.07) is 17.5. The van der Waals surface area contributed by atoms with Gasteiger partial charge in [-0.25, -0.2) is 0 Å². The molecule has 3 aromatic rings. The highest BCUT2D eigenvalue weighted by Gasteiger charge is 2.13. The lowest BCUT2D eigenvalue weighted by Gasteiger charge is -2.10. The monoisotopic (exact) mass is 408 g/mol. The molecule has 7 nitrogen and oxygen atoms in total. The lowest BCUT2D eigenvalue weighted by Crippen LogP contribution is -2.18. The molecule has 0 aliphatic heterocycles. The van der Waals surface area contributed by atoms with Crippen LogP contribution in [0.25, 0.3) is 0 Å². The smallest absolute Gasteiger partial charge is 0.291 e. The summed E-state index contributed by atoms with van der Waals surface area (Å²) in [6.45, 7) is 3.78. The topological polar surface area (TPSA) is 89.8 Å². The molecule has 0 bridgehead atoms. The molecule has 2 aromatic carbocycles. The Morgan fingerprint density at radius 1 is 0.933 bits per heavy atom. The predicted molar refractivity (Wildman–Crippen MR) is 114 cm³/mol. The third kappa shape index (κ3) is 5.41. The standard InChI is InChI=1S/C23H24N2O5/c1-15(2)22(26)24-16-7-6-8-17(13-16)25-23(27)21-12-11-18(30-21)14-29-20-10-5-4-9-19(20)28-3/h4-13,15H,14H2,1-3H3,(H,24,26)(H,25,27). The Bertz CT molecular complexity index is 1030. The van der Waals surface area contributed by atoms with Crippen molar-refractivity contribution >= 4 is 23.2 Å². The van der Waals surface area contributed by atoms with Gasteiger partial charge in [-0.2, -0.15) is 0 Å². The van der Waals surface area contributed by atoms with Gasteiger partial charge in [-0.15, -0.1) is 0 Å². The molecule has 0 spiro atoms. The van der Waals surface area contributed by atoms with Crippen molar-refractivity contribution < 1.29 is 23.5 Å². The van der Waals surface area contributed by atoms with E-state index in [4.69, 9.17) is 13.9 Å². The van der Waals surface area contributed by atoms with E-state index in [1.54, 1.807) is 55.6 Å². The molecular formula is C23H24N2O5. The zero-order valence-corrected chi connectivity index (χ0v) is 17.1. The maximum absolute atomic E-state index is 12.5. The third-order valence-electron chi connectivity index (χ3n) is 4.24. The van der Waals surface area contributed by atoms with Crippen LogP contribution in [0.5, 0.6) is 11.5 Å². The van der Waals surface area contributed by atoms with Gasteiger partial charge >= 0.3 is 0 Å². The summed E-state index contributed by atoms with van der Waals surface area (Å²) in [5.41, 5.74) is 1.15. The maximum atomic E-state index is 12.5. The van der Waals surface area contributed by atoms with Gasteiger partial charge in [-0.3, -0.25) is 9.59 Å². The molecular weight excluding hydrogens is 384 g/mol. The van der Waals surface area contributed by atoms with Crippen molar-refractivity contribution in [3.63, 3.8) is 0 Å². The molecule has 30 heavy (non-hydrogen) atoms. The fourth-order valence-corrected chi connectivity index (χ4v) is 2.62. The Hall–Kier alpha value is -3.74. The molecule has 0 atom stereocenters. The third-order valence-corrected chi connectivity index (χ3v) is 4.24. The Balaban J connectivity index is 1.60. The number of nitrogens with one attached hydrogen (secondary N) is 2. The van der Waals surface area contributed by atoms with Crippen LogP contribution in [0.2, 0.25) is 0 Å². The van der Waals surface area contributed by atoms with Crippen molar-refractivity contribution in [2.45, 2.75) is 20.5 Å². The number of methoxy groups -OCH3 is 1. The molecule has 0 fully saturated rings. The van der Waals surface area contributed by atoms with Crippen molar-refractivity contribution in [2.75, 3.05) is 17.7 Å². The predicted octanol–water partition coefficient (Wildman–Crippen LogP) is 4.71. The average molecular weight is 408 g/mol. The summed E-state index contributed by atoms with van der Waals surface area (Å²) in [5, 5.41) is 5.56. The lowest BCUT2D eigenvalue weighted by molar-refractivity contribution is -0.118. The number of rotatable bonds is 8.